The molecule has 7 heteroatoms. The molecule has 0 aliphatic carbocycles. The van der Waals surface area contributed by atoms with E-state index in [1.807, 2.05) is 6.07 Å². The van der Waals surface area contributed by atoms with Crippen LogP contribution >= 0.6 is 11.6 Å². The maximum absolute atomic E-state index is 12.2. The summed E-state index contributed by atoms with van der Waals surface area (Å²) in [7, 11) is 0. The zero-order valence-electron chi connectivity index (χ0n) is 12.9. The van der Waals surface area contributed by atoms with E-state index >= 15 is 0 Å². The molecule has 0 atom stereocenters. The Hall–Kier alpha value is -2.99. The van der Waals surface area contributed by atoms with Crippen LogP contribution in [0.4, 0.5) is 0 Å². The first-order valence-corrected chi connectivity index (χ1v) is 7.91. The maximum atomic E-state index is 12.2. The zero-order valence-corrected chi connectivity index (χ0v) is 13.7. The van der Waals surface area contributed by atoms with Crippen molar-refractivity contribution in [3.8, 4) is 28.6 Å². The predicted octanol–water partition coefficient (Wildman–Crippen LogP) is 3.99. The normalized spacial score (nSPS) is 12.7. The summed E-state index contributed by atoms with van der Waals surface area (Å²) in [5.74, 6) is 1.50. The molecule has 4 rings (SSSR count). The number of aromatic nitrogens is 1. The highest BCUT2D eigenvalue weighted by molar-refractivity contribution is 6.30. The summed E-state index contributed by atoms with van der Waals surface area (Å²) in [5, 5.41) is 4.33. The molecule has 1 aliphatic heterocycles. The van der Waals surface area contributed by atoms with Crippen LogP contribution in [-0.4, -0.2) is 24.3 Å². The molecule has 6 nitrogen and oxygen atoms in total. The van der Waals surface area contributed by atoms with Crippen molar-refractivity contribution in [2.45, 2.75) is 0 Å². The number of carbonyl (C=O) groups is 1. The zero-order chi connectivity index (χ0) is 17.2. The molecule has 1 aromatic heterocycles. The molecule has 0 radical (unpaired) electrons. The van der Waals surface area contributed by atoms with Gasteiger partial charge in [0.05, 0.1) is 0 Å². The fraction of sp³-hybridized carbons (Fsp3) is 0.111. The molecule has 126 valence electrons. The Morgan fingerprint density at radius 2 is 1.76 bits per heavy atom. The highest BCUT2D eigenvalue weighted by Crippen LogP contribution is 2.34. The van der Waals surface area contributed by atoms with Gasteiger partial charge in [-0.2, -0.15) is 0 Å². The Morgan fingerprint density at radius 3 is 2.56 bits per heavy atom. The lowest BCUT2D eigenvalue weighted by Crippen LogP contribution is -2.15. The Kier molecular flexibility index (Phi) is 4.03. The van der Waals surface area contributed by atoms with Crippen LogP contribution < -0.4 is 14.2 Å². The third kappa shape index (κ3) is 3.29. The van der Waals surface area contributed by atoms with E-state index in [0.29, 0.717) is 41.2 Å². The molecule has 3 aromatic rings. The summed E-state index contributed by atoms with van der Waals surface area (Å²) >= 11 is 5.80. The van der Waals surface area contributed by atoms with Crippen LogP contribution in [0.5, 0.6) is 17.2 Å². The molecular formula is C18H12ClNO5. The Labute approximate surface area is 147 Å². The minimum atomic E-state index is -0.616. The topological polar surface area (TPSA) is 70.8 Å². The summed E-state index contributed by atoms with van der Waals surface area (Å²) in [5.41, 5.74) is 0.794. The number of esters is 1. The van der Waals surface area contributed by atoms with Gasteiger partial charge in [0.15, 0.2) is 23.0 Å². The summed E-state index contributed by atoms with van der Waals surface area (Å²) < 4.78 is 21.5. The fourth-order valence-electron chi connectivity index (χ4n) is 2.37. The molecule has 0 spiro atoms. The molecule has 0 fully saturated rings. The number of hydrogen-bond acceptors (Lipinski definition) is 6. The van der Waals surface area contributed by atoms with Crippen LogP contribution in [-0.2, 0) is 0 Å². The Morgan fingerprint density at radius 1 is 1.00 bits per heavy atom. The summed E-state index contributed by atoms with van der Waals surface area (Å²) in [6.45, 7) is 1.01. The van der Waals surface area contributed by atoms with E-state index in [9.17, 15) is 4.79 Å². The highest BCUT2D eigenvalue weighted by atomic mass is 35.5. The molecule has 1 aliphatic rings. The lowest BCUT2D eigenvalue weighted by Gasteiger charge is -2.18. The van der Waals surface area contributed by atoms with E-state index in [1.54, 1.807) is 36.4 Å². The fourth-order valence-corrected chi connectivity index (χ4v) is 2.49. The van der Waals surface area contributed by atoms with Crippen LogP contribution in [0.3, 0.4) is 0 Å². The number of nitrogens with zero attached hydrogens (tertiary/aromatic N) is 1. The number of benzene rings is 2. The van der Waals surface area contributed by atoms with Crippen molar-refractivity contribution in [3.05, 3.63) is 59.2 Å². The minimum absolute atomic E-state index is 0.0693. The first-order valence-electron chi connectivity index (χ1n) is 7.53. The van der Waals surface area contributed by atoms with E-state index in [1.165, 1.54) is 6.07 Å². The van der Waals surface area contributed by atoms with Gasteiger partial charge >= 0.3 is 5.97 Å². The van der Waals surface area contributed by atoms with Gasteiger partial charge in [-0.05, 0) is 42.5 Å². The summed E-state index contributed by atoms with van der Waals surface area (Å²) in [6.07, 6.45) is 0. The number of ether oxygens (including phenoxy) is 3. The standard InChI is InChI=1S/C18H12ClNO5/c19-12-2-4-13(5-3-12)24-18(21)14-10-16(25-20-14)11-1-6-15-17(9-11)23-8-7-22-15/h1-6,9-10H,7-8H2. The van der Waals surface area contributed by atoms with Crippen molar-refractivity contribution in [1.29, 1.82) is 0 Å². The molecule has 0 unspecified atom stereocenters. The molecule has 2 aromatic carbocycles. The molecule has 0 N–H and O–H groups in total. The van der Waals surface area contributed by atoms with Crippen molar-refractivity contribution < 1.29 is 23.5 Å². The number of halogens is 1. The van der Waals surface area contributed by atoms with Crippen molar-refractivity contribution in [2.24, 2.45) is 0 Å². The van der Waals surface area contributed by atoms with Crippen molar-refractivity contribution in [3.63, 3.8) is 0 Å². The highest BCUT2D eigenvalue weighted by Gasteiger charge is 2.18. The molecule has 0 amide bonds. The van der Waals surface area contributed by atoms with Crippen LogP contribution in [0.2, 0.25) is 5.02 Å². The van der Waals surface area contributed by atoms with Crippen LogP contribution in [0.1, 0.15) is 10.5 Å². The minimum Gasteiger partial charge on any atom is -0.486 e. The number of carbonyl (C=O) groups excluding carboxylic acids is 1. The largest absolute Gasteiger partial charge is 0.486 e. The van der Waals surface area contributed by atoms with Gasteiger partial charge in [0.2, 0.25) is 0 Å². The van der Waals surface area contributed by atoms with Gasteiger partial charge in [0.1, 0.15) is 19.0 Å². The number of rotatable bonds is 3. The number of hydrogen-bond donors (Lipinski definition) is 0. The van der Waals surface area contributed by atoms with Crippen molar-refractivity contribution in [2.75, 3.05) is 13.2 Å². The van der Waals surface area contributed by atoms with Gasteiger partial charge in [-0.15, -0.1) is 0 Å². The average molecular weight is 358 g/mol. The maximum Gasteiger partial charge on any atom is 0.365 e. The molecular weight excluding hydrogens is 346 g/mol. The monoisotopic (exact) mass is 357 g/mol. The summed E-state index contributed by atoms with van der Waals surface area (Å²) in [6, 6.07) is 13.4. The second-order valence-corrected chi connectivity index (χ2v) is 5.71. The third-order valence-corrected chi connectivity index (χ3v) is 3.82. The smallest absolute Gasteiger partial charge is 0.365 e. The summed E-state index contributed by atoms with van der Waals surface area (Å²) in [4.78, 5) is 12.2. The van der Waals surface area contributed by atoms with Crippen LogP contribution in [0.25, 0.3) is 11.3 Å². The molecule has 2 heterocycles. The average Bonchev–Trinajstić information content (AvgIpc) is 3.13. The lowest BCUT2D eigenvalue weighted by molar-refractivity contribution is 0.0724. The lowest BCUT2D eigenvalue weighted by atomic mass is 10.1. The first kappa shape index (κ1) is 15.5. The van der Waals surface area contributed by atoms with E-state index < -0.39 is 5.97 Å². The van der Waals surface area contributed by atoms with Gasteiger partial charge in [0, 0.05) is 16.7 Å². The first-order chi connectivity index (χ1) is 12.2. The quantitative estimate of drug-likeness (QED) is 0.521. The van der Waals surface area contributed by atoms with E-state index in [2.05, 4.69) is 5.16 Å². The van der Waals surface area contributed by atoms with E-state index in [-0.39, 0.29) is 5.69 Å². The molecule has 0 saturated heterocycles. The van der Waals surface area contributed by atoms with Crippen molar-refractivity contribution in [1.82, 2.24) is 5.16 Å². The number of fused-ring (bicyclic) bond motifs is 1. The van der Waals surface area contributed by atoms with Gasteiger partial charge in [-0.25, -0.2) is 4.79 Å². The second-order valence-electron chi connectivity index (χ2n) is 5.28. The third-order valence-electron chi connectivity index (χ3n) is 3.57. The van der Waals surface area contributed by atoms with Gasteiger partial charge in [-0.1, -0.05) is 16.8 Å². The van der Waals surface area contributed by atoms with Crippen LogP contribution in [0.15, 0.2) is 53.1 Å². The molecule has 0 bridgehead atoms. The van der Waals surface area contributed by atoms with Gasteiger partial charge in [-0.3, -0.25) is 0 Å². The van der Waals surface area contributed by atoms with Crippen LogP contribution in [0, 0.1) is 0 Å². The molecule has 0 saturated carbocycles. The van der Waals surface area contributed by atoms with Crippen molar-refractivity contribution >= 4 is 17.6 Å². The van der Waals surface area contributed by atoms with E-state index in [4.69, 9.17) is 30.3 Å². The Bertz CT molecular complexity index is 919. The van der Waals surface area contributed by atoms with Gasteiger partial charge in [0.25, 0.3) is 0 Å². The predicted molar refractivity (Wildman–Crippen MR) is 89.3 cm³/mol. The Balaban J connectivity index is 1.53. The SMILES string of the molecule is O=C(Oc1ccc(Cl)cc1)c1cc(-c2ccc3c(c2)OCCO3)on1. The van der Waals surface area contributed by atoms with Gasteiger partial charge < -0.3 is 18.7 Å². The molecule has 25 heavy (non-hydrogen) atoms. The van der Waals surface area contributed by atoms with E-state index in [0.717, 1.165) is 5.56 Å². The second kappa shape index (κ2) is 6.49.